The molecular weight excluding hydrogens is 378 g/mol. The van der Waals surface area contributed by atoms with Gasteiger partial charge in [0.1, 0.15) is 6.04 Å². The van der Waals surface area contributed by atoms with Crippen molar-refractivity contribution in [3.05, 3.63) is 34.9 Å². The first kappa shape index (κ1) is 20.7. The molecule has 1 aromatic carbocycles. The maximum absolute atomic E-state index is 12.7. The second-order valence-corrected chi connectivity index (χ2v) is 8.66. The Morgan fingerprint density at radius 2 is 1.96 bits per heavy atom. The number of likely N-dealkylation sites (N-methyl/N-ethyl adjacent to an activating group) is 1. The molecule has 1 aliphatic rings. The van der Waals surface area contributed by atoms with Crippen molar-refractivity contribution in [2.45, 2.75) is 32.4 Å². The summed E-state index contributed by atoms with van der Waals surface area (Å²) in [5.74, 6) is -0.615. The van der Waals surface area contributed by atoms with Crippen LogP contribution in [0.1, 0.15) is 25.3 Å². The van der Waals surface area contributed by atoms with Crippen LogP contribution < -0.4 is 5.32 Å². The highest BCUT2D eigenvalue weighted by Gasteiger charge is 2.38. The number of benzene rings is 1. The van der Waals surface area contributed by atoms with E-state index in [4.69, 9.17) is 11.6 Å². The smallest absolute Gasteiger partial charge is 0.241 e. The fraction of sp³-hybridized carbons (Fsp3) is 0.529. The summed E-state index contributed by atoms with van der Waals surface area (Å²) >= 11 is 5.82. The average molecular weight is 402 g/mol. The van der Waals surface area contributed by atoms with E-state index < -0.39 is 16.1 Å². The normalized spacial score (nSPS) is 17.9. The largest absolute Gasteiger partial charge is 0.350 e. The number of carbonyl (C=O) groups excluding carboxylic acids is 2. The van der Waals surface area contributed by atoms with Crippen LogP contribution in [0.15, 0.2) is 24.3 Å². The monoisotopic (exact) mass is 401 g/mol. The SMILES string of the molecule is CCN(CC(=O)NCc1ccc(Cl)cc1)C(=O)C1CCCN1S(C)(=O)=O. The minimum absolute atomic E-state index is 0.100. The van der Waals surface area contributed by atoms with Crippen LogP contribution in [0.2, 0.25) is 5.02 Å². The molecule has 1 N–H and O–H groups in total. The van der Waals surface area contributed by atoms with Gasteiger partial charge in [0.2, 0.25) is 21.8 Å². The van der Waals surface area contributed by atoms with Crippen LogP contribution in [-0.2, 0) is 26.2 Å². The molecule has 1 heterocycles. The van der Waals surface area contributed by atoms with Crippen LogP contribution >= 0.6 is 11.6 Å². The van der Waals surface area contributed by atoms with E-state index >= 15 is 0 Å². The predicted octanol–water partition coefficient (Wildman–Crippen LogP) is 1.23. The Morgan fingerprint density at radius 1 is 1.31 bits per heavy atom. The standard InChI is InChI=1S/C17H24ClN3O4S/c1-3-20(17(23)15-5-4-10-21(15)26(2,24)25)12-16(22)19-11-13-6-8-14(18)9-7-13/h6-9,15H,3-5,10-12H2,1-2H3,(H,19,22). The third kappa shape index (κ3) is 5.43. The summed E-state index contributed by atoms with van der Waals surface area (Å²) in [6, 6.07) is 6.39. The van der Waals surface area contributed by atoms with Gasteiger partial charge in [-0.3, -0.25) is 9.59 Å². The zero-order chi connectivity index (χ0) is 19.3. The molecule has 144 valence electrons. The maximum atomic E-state index is 12.7. The summed E-state index contributed by atoms with van der Waals surface area (Å²) < 4.78 is 24.9. The summed E-state index contributed by atoms with van der Waals surface area (Å²) in [4.78, 5) is 26.3. The van der Waals surface area contributed by atoms with Gasteiger partial charge in [0, 0.05) is 24.7 Å². The fourth-order valence-electron chi connectivity index (χ4n) is 2.97. The van der Waals surface area contributed by atoms with E-state index in [9.17, 15) is 18.0 Å². The zero-order valence-corrected chi connectivity index (χ0v) is 16.5. The lowest BCUT2D eigenvalue weighted by atomic mass is 10.2. The molecule has 7 nitrogen and oxygen atoms in total. The quantitative estimate of drug-likeness (QED) is 0.744. The molecule has 1 atom stereocenters. The fourth-order valence-corrected chi connectivity index (χ4v) is 4.22. The van der Waals surface area contributed by atoms with Gasteiger partial charge in [0.15, 0.2) is 0 Å². The van der Waals surface area contributed by atoms with Crippen molar-refractivity contribution >= 4 is 33.4 Å². The van der Waals surface area contributed by atoms with E-state index in [1.165, 1.54) is 9.21 Å². The van der Waals surface area contributed by atoms with E-state index in [0.29, 0.717) is 37.5 Å². The van der Waals surface area contributed by atoms with Crippen molar-refractivity contribution in [1.82, 2.24) is 14.5 Å². The van der Waals surface area contributed by atoms with E-state index in [2.05, 4.69) is 5.32 Å². The molecule has 0 spiro atoms. The van der Waals surface area contributed by atoms with Gasteiger partial charge in [0.25, 0.3) is 0 Å². The molecular formula is C17H24ClN3O4S. The van der Waals surface area contributed by atoms with Gasteiger partial charge in [-0.1, -0.05) is 23.7 Å². The molecule has 1 aliphatic heterocycles. The summed E-state index contributed by atoms with van der Waals surface area (Å²) in [5, 5.41) is 3.38. The number of halogens is 1. The topological polar surface area (TPSA) is 86.8 Å². The van der Waals surface area contributed by atoms with Crippen molar-refractivity contribution in [2.24, 2.45) is 0 Å². The van der Waals surface area contributed by atoms with Crippen LogP contribution in [0.4, 0.5) is 0 Å². The Bertz CT molecular complexity index is 752. The third-order valence-corrected chi connectivity index (χ3v) is 5.89. The van der Waals surface area contributed by atoms with Gasteiger partial charge >= 0.3 is 0 Å². The molecule has 2 amide bonds. The van der Waals surface area contributed by atoms with Gasteiger partial charge in [-0.05, 0) is 37.5 Å². The van der Waals surface area contributed by atoms with Gasteiger partial charge in [0.05, 0.1) is 12.8 Å². The van der Waals surface area contributed by atoms with Crippen molar-refractivity contribution in [3.8, 4) is 0 Å². The number of rotatable bonds is 7. The Balaban J connectivity index is 1.94. The van der Waals surface area contributed by atoms with Gasteiger partial charge in [-0.25, -0.2) is 8.42 Å². The van der Waals surface area contributed by atoms with Crippen molar-refractivity contribution in [2.75, 3.05) is 25.9 Å². The molecule has 1 unspecified atom stereocenters. The van der Waals surface area contributed by atoms with Crippen molar-refractivity contribution < 1.29 is 18.0 Å². The second-order valence-electron chi connectivity index (χ2n) is 6.29. The van der Waals surface area contributed by atoms with Crippen LogP contribution in [-0.4, -0.2) is 61.4 Å². The van der Waals surface area contributed by atoms with E-state index in [0.717, 1.165) is 11.8 Å². The van der Waals surface area contributed by atoms with Gasteiger partial charge in [-0.15, -0.1) is 0 Å². The minimum atomic E-state index is -3.44. The van der Waals surface area contributed by atoms with E-state index in [-0.39, 0.29) is 18.4 Å². The summed E-state index contributed by atoms with van der Waals surface area (Å²) in [6.07, 6.45) is 2.23. The summed E-state index contributed by atoms with van der Waals surface area (Å²) in [6.45, 7) is 2.68. The lowest BCUT2D eigenvalue weighted by Gasteiger charge is -2.28. The number of amides is 2. The molecule has 0 aliphatic carbocycles. The van der Waals surface area contributed by atoms with Gasteiger partial charge < -0.3 is 10.2 Å². The number of hydrogen-bond donors (Lipinski definition) is 1. The highest BCUT2D eigenvalue weighted by Crippen LogP contribution is 2.22. The molecule has 26 heavy (non-hydrogen) atoms. The minimum Gasteiger partial charge on any atom is -0.350 e. The number of sulfonamides is 1. The highest BCUT2D eigenvalue weighted by molar-refractivity contribution is 7.88. The maximum Gasteiger partial charge on any atom is 0.241 e. The predicted molar refractivity (Wildman–Crippen MR) is 100 cm³/mol. The van der Waals surface area contributed by atoms with Crippen LogP contribution in [0.25, 0.3) is 0 Å². The van der Waals surface area contributed by atoms with Crippen LogP contribution in [0.5, 0.6) is 0 Å². The molecule has 1 fully saturated rings. The molecule has 1 saturated heterocycles. The third-order valence-electron chi connectivity index (χ3n) is 4.35. The Hall–Kier alpha value is -1.64. The number of nitrogens with zero attached hydrogens (tertiary/aromatic N) is 2. The lowest BCUT2D eigenvalue weighted by molar-refractivity contribution is -0.138. The lowest BCUT2D eigenvalue weighted by Crippen LogP contribution is -2.50. The number of hydrogen-bond acceptors (Lipinski definition) is 4. The first-order valence-electron chi connectivity index (χ1n) is 8.49. The first-order chi connectivity index (χ1) is 12.2. The summed E-state index contributed by atoms with van der Waals surface area (Å²) in [7, 11) is -3.44. The van der Waals surface area contributed by atoms with Gasteiger partial charge in [-0.2, -0.15) is 4.31 Å². The highest BCUT2D eigenvalue weighted by atomic mass is 35.5. The Morgan fingerprint density at radius 3 is 2.54 bits per heavy atom. The van der Waals surface area contributed by atoms with Crippen molar-refractivity contribution in [1.29, 1.82) is 0 Å². The molecule has 0 aromatic heterocycles. The summed E-state index contributed by atoms with van der Waals surface area (Å²) in [5.41, 5.74) is 0.899. The Labute approximate surface area is 159 Å². The molecule has 0 saturated carbocycles. The number of carbonyl (C=O) groups is 2. The van der Waals surface area contributed by atoms with E-state index in [1.807, 2.05) is 12.1 Å². The molecule has 1 aromatic rings. The molecule has 0 radical (unpaired) electrons. The van der Waals surface area contributed by atoms with Crippen molar-refractivity contribution in [3.63, 3.8) is 0 Å². The molecule has 0 bridgehead atoms. The molecule has 9 heteroatoms. The van der Waals surface area contributed by atoms with E-state index in [1.54, 1.807) is 19.1 Å². The van der Waals surface area contributed by atoms with Crippen LogP contribution in [0, 0.1) is 0 Å². The first-order valence-corrected chi connectivity index (χ1v) is 10.7. The van der Waals surface area contributed by atoms with Crippen LogP contribution in [0.3, 0.4) is 0 Å². The molecule has 2 rings (SSSR count). The number of nitrogens with one attached hydrogen (secondary N) is 1. The Kier molecular flexibility index (Phi) is 7.02. The second kappa shape index (κ2) is 8.83. The zero-order valence-electron chi connectivity index (χ0n) is 14.9. The average Bonchev–Trinajstić information content (AvgIpc) is 3.08.